The minimum absolute atomic E-state index is 0.148. The van der Waals surface area contributed by atoms with Gasteiger partial charge in [-0.05, 0) is 32.2 Å². The minimum atomic E-state index is -0.312. The maximum Gasteiger partial charge on any atom is 0.333 e. The van der Waals surface area contributed by atoms with Crippen molar-refractivity contribution >= 4 is 11.5 Å². The van der Waals surface area contributed by atoms with Gasteiger partial charge in [0.1, 0.15) is 5.69 Å². The van der Waals surface area contributed by atoms with Crippen molar-refractivity contribution in [3.05, 3.63) is 15.8 Å². The van der Waals surface area contributed by atoms with Crippen molar-refractivity contribution in [3.8, 4) is 0 Å². The van der Waals surface area contributed by atoms with Crippen molar-refractivity contribution < 1.29 is 4.92 Å². The lowest BCUT2D eigenvalue weighted by Crippen LogP contribution is -2.41. The first kappa shape index (κ1) is 15.8. The third-order valence-corrected chi connectivity index (χ3v) is 3.98. The molecule has 0 amide bonds. The Balaban J connectivity index is 2.16. The maximum absolute atomic E-state index is 11.3. The summed E-state index contributed by atoms with van der Waals surface area (Å²) in [4.78, 5) is 13.1. The van der Waals surface area contributed by atoms with Gasteiger partial charge < -0.3 is 10.2 Å². The largest absolute Gasteiger partial charge is 0.351 e. The number of hydrogen-bond donors (Lipinski definition) is 1. The average molecular weight is 295 g/mol. The second-order valence-corrected chi connectivity index (χ2v) is 6.16. The van der Waals surface area contributed by atoms with Crippen molar-refractivity contribution in [2.45, 2.75) is 39.7 Å². The van der Waals surface area contributed by atoms with Crippen LogP contribution in [0.2, 0.25) is 0 Å². The second kappa shape index (κ2) is 6.43. The summed E-state index contributed by atoms with van der Waals surface area (Å²) >= 11 is 0. The van der Waals surface area contributed by atoms with Gasteiger partial charge >= 0.3 is 5.69 Å². The summed E-state index contributed by atoms with van der Waals surface area (Å²) in [6, 6.07) is 0.466. The molecule has 7 heteroatoms. The molecule has 1 unspecified atom stereocenters. The molecule has 1 fully saturated rings. The molecule has 118 valence electrons. The van der Waals surface area contributed by atoms with Gasteiger partial charge in [-0.25, -0.2) is 4.68 Å². The standard InChI is InChI=1S/C14H25N5O2/c1-10(2)15-8-12-6-5-7-18(9-12)14-13(19(20)21)11(3)16-17(14)4/h10,12,15H,5-9H2,1-4H3. The Bertz CT molecular complexity index is 512. The molecule has 1 N–H and O–H groups in total. The molecular formula is C14H25N5O2. The first-order valence-corrected chi connectivity index (χ1v) is 7.56. The number of nitrogens with zero attached hydrogens (tertiary/aromatic N) is 4. The predicted molar refractivity (Wildman–Crippen MR) is 82.7 cm³/mol. The van der Waals surface area contributed by atoms with E-state index in [1.807, 2.05) is 0 Å². The lowest BCUT2D eigenvalue weighted by Gasteiger charge is -2.34. The molecule has 21 heavy (non-hydrogen) atoms. The highest BCUT2D eigenvalue weighted by atomic mass is 16.6. The Morgan fingerprint density at radius 1 is 1.52 bits per heavy atom. The number of nitrogens with one attached hydrogen (secondary N) is 1. The summed E-state index contributed by atoms with van der Waals surface area (Å²) in [5.74, 6) is 1.17. The number of anilines is 1. The van der Waals surface area contributed by atoms with Crippen LogP contribution >= 0.6 is 0 Å². The monoisotopic (exact) mass is 295 g/mol. The van der Waals surface area contributed by atoms with Crippen molar-refractivity contribution in [1.29, 1.82) is 0 Å². The third kappa shape index (κ3) is 3.53. The van der Waals surface area contributed by atoms with Crippen molar-refractivity contribution in [2.75, 3.05) is 24.5 Å². The van der Waals surface area contributed by atoms with E-state index in [0.29, 0.717) is 23.5 Å². The molecule has 0 aromatic carbocycles. The number of nitro groups is 1. The first-order chi connectivity index (χ1) is 9.90. The maximum atomic E-state index is 11.3. The molecule has 0 saturated carbocycles. The van der Waals surface area contributed by atoms with Crippen LogP contribution in [0, 0.1) is 23.0 Å². The normalized spacial score (nSPS) is 19.3. The van der Waals surface area contributed by atoms with Crippen LogP contribution in [0.4, 0.5) is 11.5 Å². The van der Waals surface area contributed by atoms with Gasteiger partial charge in [0, 0.05) is 26.2 Å². The average Bonchev–Trinajstić information content (AvgIpc) is 2.71. The molecule has 1 atom stereocenters. The predicted octanol–water partition coefficient (Wildman–Crippen LogP) is 1.85. The van der Waals surface area contributed by atoms with E-state index in [4.69, 9.17) is 0 Å². The summed E-state index contributed by atoms with van der Waals surface area (Å²) in [5, 5.41) is 19.0. The van der Waals surface area contributed by atoms with Crippen LogP contribution in [-0.4, -0.2) is 40.4 Å². The van der Waals surface area contributed by atoms with Gasteiger partial charge in [0.25, 0.3) is 0 Å². The number of hydrogen-bond acceptors (Lipinski definition) is 5. The summed E-state index contributed by atoms with van der Waals surface area (Å²) in [6.45, 7) is 8.63. The molecule has 0 aliphatic carbocycles. The van der Waals surface area contributed by atoms with Crippen molar-refractivity contribution in [3.63, 3.8) is 0 Å². The van der Waals surface area contributed by atoms with Crippen LogP contribution in [-0.2, 0) is 7.05 Å². The van der Waals surface area contributed by atoms with Crippen LogP contribution in [0.5, 0.6) is 0 Å². The number of aromatic nitrogens is 2. The molecular weight excluding hydrogens is 270 g/mol. The summed E-state index contributed by atoms with van der Waals surface area (Å²) in [6.07, 6.45) is 2.23. The molecule has 7 nitrogen and oxygen atoms in total. The van der Waals surface area contributed by atoms with Gasteiger partial charge in [-0.15, -0.1) is 0 Å². The van der Waals surface area contributed by atoms with E-state index in [1.165, 1.54) is 6.42 Å². The van der Waals surface area contributed by atoms with Gasteiger partial charge in [-0.1, -0.05) is 13.8 Å². The van der Waals surface area contributed by atoms with E-state index >= 15 is 0 Å². The number of piperidine rings is 1. The van der Waals surface area contributed by atoms with E-state index in [9.17, 15) is 10.1 Å². The highest BCUT2D eigenvalue weighted by Crippen LogP contribution is 2.33. The number of rotatable bonds is 5. The van der Waals surface area contributed by atoms with E-state index in [0.717, 1.165) is 26.1 Å². The summed E-state index contributed by atoms with van der Waals surface area (Å²) in [5.41, 5.74) is 0.634. The lowest BCUT2D eigenvalue weighted by atomic mass is 9.97. The van der Waals surface area contributed by atoms with E-state index in [-0.39, 0.29) is 10.6 Å². The minimum Gasteiger partial charge on any atom is -0.351 e. The van der Waals surface area contributed by atoms with Crippen LogP contribution < -0.4 is 10.2 Å². The van der Waals surface area contributed by atoms with Crippen LogP contribution in [0.3, 0.4) is 0 Å². The SMILES string of the molecule is Cc1nn(C)c(N2CCCC(CNC(C)C)C2)c1[N+](=O)[O-]. The molecule has 1 aromatic rings. The number of aryl methyl sites for hydroxylation is 2. The Kier molecular flexibility index (Phi) is 4.82. The fourth-order valence-electron chi connectivity index (χ4n) is 3.03. The van der Waals surface area contributed by atoms with Gasteiger partial charge in [0.15, 0.2) is 0 Å². The molecule has 1 saturated heterocycles. The van der Waals surface area contributed by atoms with Gasteiger partial charge in [0.2, 0.25) is 5.82 Å². The van der Waals surface area contributed by atoms with Gasteiger partial charge in [0.05, 0.1) is 4.92 Å². The highest BCUT2D eigenvalue weighted by Gasteiger charge is 2.31. The van der Waals surface area contributed by atoms with Crippen molar-refractivity contribution in [1.82, 2.24) is 15.1 Å². The smallest absolute Gasteiger partial charge is 0.333 e. The molecule has 0 radical (unpaired) electrons. The Morgan fingerprint density at radius 3 is 2.86 bits per heavy atom. The molecule has 1 aromatic heterocycles. The molecule has 0 spiro atoms. The van der Waals surface area contributed by atoms with E-state index in [2.05, 4.69) is 29.2 Å². The Hall–Kier alpha value is -1.63. The van der Waals surface area contributed by atoms with Gasteiger partial charge in [-0.2, -0.15) is 5.10 Å². The zero-order valence-electron chi connectivity index (χ0n) is 13.3. The van der Waals surface area contributed by atoms with E-state index in [1.54, 1.807) is 18.7 Å². The third-order valence-electron chi connectivity index (χ3n) is 3.98. The molecule has 1 aliphatic rings. The summed E-state index contributed by atoms with van der Waals surface area (Å²) < 4.78 is 1.64. The quantitative estimate of drug-likeness (QED) is 0.662. The molecule has 2 rings (SSSR count). The van der Waals surface area contributed by atoms with Crippen LogP contribution in [0.15, 0.2) is 0 Å². The van der Waals surface area contributed by atoms with Crippen molar-refractivity contribution in [2.24, 2.45) is 13.0 Å². The summed E-state index contributed by atoms with van der Waals surface area (Å²) in [7, 11) is 1.78. The second-order valence-electron chi connectivity index (χ2n) is 6.16. The first-order valence-electron chi connectivity index (χ1n) is 7.56. The fourth-order valence-corrected chi connectivity index (χ4v) is 3.03. The molecule has 0 bridgehead atoms. The van der Waals surface area contributed by atoms with E-state index < -0.39 is 0 Å². The fraction of sp³-hybridized carbons (Fsp3) is 0.786. The zero-order chi connectivity index (χ0) is 15.6. The van der Waals surface area contributed by atoms with Crippen LogP contribution in [0.1, 0.15) is 32.4 Å². The lowest BCUT2D eigenvalue weighted by molar-refractivity contribution is -0.384. The molecule has 2 heterocycles. The van der Waals surface area contributed by atoms with Gasteiger partial charge in [-0.3, -0.25) is 10.1 Å². The van der Waals surface area contributed by atoms with Crippen LogP contribution in [0.25, 0.3) is 0 Å². The topological polar surface area (TPSA) is 76.2 Å². The Morgan fingerprint density at radius 2 is 2.24 bits per heavy atom. The Labute approximate surface area is 125 Å². The highest BCUT2D eigenvalue weighted by molar-refractivity contribution is 5.61. The molecule has 1 aliphatic heterocycles. The zero-order valence-corrected chi connectivity index (χ0v) is 13.3.